The van der Waals surface area contributed by atoms with Gasteiger partial charge in [-0.2, -0.15) is 0 Å². The molecule has 4 heteroatoms. The Kier molecular flexibility index (Phi) is 4.36. The molecule has 1 heterocycles. The van der Waals surface area contributed by atoms with E-state index in [1.165, 1.54) is 0 Å². The molecule has 2 unspecified atom stereocenters. The van der Waals surface area contributed by atoms with E-state index in [4.69, 9.17) is 15.3 Å². The maximum absolute atomic E-state index is 5.66. The Labute approximate surface area is 102 Å². The van der Waals surface area contributed by atoms with Crippen LogP contribution >= 0.6 is 0 Å². The van der Waals surface area contributed by atoms with Crippen molar-refractivity contribution in [3.8, 4) is 5.75 Å². The molecule has 2 atom stereocenters. The molecule has 94 valence electrons. The fourth-order valence-electron chi connectivity index (χ4n) is 2.28. The van der Waals surface area contributed by atoms with E-state index < -0.39 is 0 Å². The summed E-state index contributed by atoms with van der Waals surface area (Å²) in [6.07, 6.45) is 1.05. The summed E-state index contributed by atoms with van der Waals surface area (Å²) in [4.78, 5) is 0. The Hall–Kier alpha value is -1.10. The van der Waals surface area contributed by atoms with Crippen molar-refractivity contribution < 1.29 is 9.47 Å². The molecule has 0 spiro atoms. The van der Waals surface area contributed by atoms with Crippen molar-refractivity contribution in [1.82, 2.24) is 5.43 Å². The molecule has 0 aliphatic carbocycles. The van der Waals surface area contributed by atoms with Gasteiger partial charge in [-0.05, 0) is 31.0 Å². The highest BCUT2D eigenvalue weighted by atomic mass is 16.5. The number of hydrogen-bond donors (Lipinski definition) is 2. The highest BCUT2D eigenvalue weighted by molar-refractivity contribution is 5.31. The van der Waals surface area contributed by atoms with Crippen LogP contribution in [0.1, 0.15) is 24.9 Å². The van der Waals surface area contributed by atoms with Crippen molar-refractivity contribution in [3.63, 3.8) is 0 Å². The molecule has 1 aliphatic rings. The van der Waals surface area contributed by atoms with Crippen LogP contribution in [-0.2, 0) is 4.74 Å². The molecule has 0 saturated carbocycles. The third-order valence-electron chi connectivity index (χ3n) is 3.14. The molecule has 1 aliphatic heterocycles. The van der Waals surface area contributed by atoms with Crippen LogP contribution in [0.4, 0.5) is 0 Å². The molecule has 1 fully saturated rings. The van der Waals surface area contributed by atoms with Crippen LogP contribution < -0.4 is 16.0 Å². The minimum atomic E-state index is 0.137. The monoisotopic (exact) mass is 236 g/mol. The van der Waals surface area contributed by atoms with Crippen molar-refractivity contribution in [2.45, 2.75) is 19.4 Å². The fraction of sp³-hybridized carbons (Fsp3) is 0.538. The van der Waals surface area contributed by atoms with Crippen molar-refractivity contribution in [3.05, 3.63) is 29.8 Å². The molecule has 1 aromatic carbocycles. The Morgan fingerprint density at radius 1 is 1.59 bits per heavy atom. The number of benzene rings is 1. The third-order valence-corrected chi connectivity index (χ3v) is 3.14. The largest absolute Gasteiger partial charge is 0.494 e. The second kappa shape index (κ2) is 6.00. The summed E-state index contributed by atoms with van der Waals surface area (Å²) >= 11 is 0. The first kappa shape index (κ1) is 12.4. The molecule has 17 heavy (non-hydrogen) atoms. The maximum Gasteiger partial charge on any atom is 0.119 e. The topological polar surface area (TPSA) is 56.5 Å². The average molecular weight is 236 g/mol. The van der Waals surface area contributed by atoms with Gasteiger partial charge in [-0.15, -0.1) is 0 Å². The van der Waals surface area contributed by atoms with Crippen LogP contribution in [0.15, 0.2) is 24.3 Å². The van der Waals surface area contributed by atoms with Gasteiger partial charge in [0.05, 0.1) is 19.3 Å². The normalized spacial score (nSPS) is 21.4. The summed E-state index contributed by atoms with van der Waals surface area (Å²) in [6.45, 7) is 4.26. The summed E-state index contributed by atoms with van der Waals surface area (Å²) < 4.78 is 10.9. The Morgan fingerprint density at radius 3 is 3.12 bits per heavy atom. The lowest BCUT2D eigenvalue weighted by molar-refractivity contribution is 0.176. The van der Waals surface area contributed by atoms with Gasteiger partial charge in [-0.3, -0.25) is 11.3 Å². The van der Waals surface area contributed by atoms with E-state index in [-0.39, 0.29) is 6.04 Å². The van der Waals surface area contributed by atoms with E-state index in [2.05, 4.69) is 11.5 Å². The molecule has 1 saturated heterocycles. The van der Waals surface area contributed by atoms with E-state index in [0.717, 1.165) is 30.9 Å². The standard InChI is InChI=1S/C13H20N2O2/c1-2-17-12-5-3-4-10(8-12)13(15-14)11-6-7-16-9-11/h3-5,8,11,13,15H,2,6-7,9,14H2,1H3. The number of ether oxygens (including phenoxy) is 2. The van der Waals surface area contributed by atoms with Crippen LogP contribution in [0, 0.1) is 5.92 Å². The van der Waals surface area contributed by atoms with E-state index in [1.54, 1.807) is 0 Å². The molecule has 2 rings (SSSR count). The highest BCUT2D eigenvalue weighted by Gasteiger charge is 2.26. The summed E-state index contributed by atoms with van der Waals surface area (Å²) in [6, 6.07) is 8.22. The van der Waals surface area contributed by atoms with Crippen molar-refractivity contribution >= 4 is 0 Å². The van der Waals surface area contributed by atoms with E-state index >= 15 is 0 Å². The first-order chi connectivity index (χ1) is 8.35. The predicted octanol–water partition coefficient (Wildman–Crippen LogP) is 1.63. The molecular weight excluding hydrogens is 216 g/mol. The van der Waals surface area contributed by atoms with E-state index in [9.17, 15) is 0 Å². The van der Waals surface area contributed by atoms with Crippen LogP contribution in [0.2, 0.25) is 0 Å². The molecule has 3 N–H and O–H groups in total. The zero-order valence-corrected chi connectivity index (χ0v) is 10.2. The zero-order valence-electron chi connectivity index (χ0n) is 10.2. The molecule has 4 nitrogen and oxygen atoms in total. The van der Waals surface area contributed by atoms with Crippen LogP contribution in [0.25, 0.3) is 0 Å². The van der Waals surface area contributed by atoms with Gasteiger partial charge in [0.15, 0.2) is 0 Å². The van der Waals surface area contributed by atoms with E-state index in [1.807, 2.05) is 25.1 Å². The second-order valence-corrected chi connectivity index (χ2v) is 4.27. The molecule has 0 radical (unpaired) electrons. The molecular formula is C13H20N2O2. The van der Waals surface area contributed by atoms with Crippen LogP contribution in [0.5, 0.6) is 5.75 Å². The van der Waals surface area contributed by atoms with Gasteiger partial charge < -0.3 is 9.47 Å². The quantitative estimate of drug-likeness (QED) is 0.602. The average Bonchev–Trinajstić information content (AvgIpc) is 2.85. The van der Waals surface area contributed by atoms with Crippen molar-refractivity contribution in [2.75, 3.05) is 19.8 Å². The van der Waals surface area contributed by atoms with Crippen LogP contribution in [0.3, 0.4) is 0 Å². The lowest BCUT2D eigenvalue weighted by atomic mass is 9.93. The number of nitrogens with two attached hydrogens (primary N) is 1. The lowest BCUT2D eigenvalue weighted by Gasteiger charge is -2.22. The first-order valence-corrected chi connectivity index (χ1v) is 6.11. The van der Waals surface area contributed by atoms with E-state index in [0.29, 0.717) is 12.5 Å². The van der Waals surface area contributed by atoms with Crippen molar-refractivity contribution in [2.24, 2.45) is 11.8 Å². The van der Waals surface area contributed by atoms with Crippen LogP contribution in [-0.4, -0.2) is 19.8 Å². The minimum absolute atomic E-state index is 0.137. The zero-order chi connectivity index (χ0) is 12.1. The van der Waals surface area contributed by atoms with Gasteiger partial charge in [0, 0.05) is 12.5 Å². The van der Waals surface area contributed by atoms with Gasteiger partial charge >= 0.3 is 0 Å². The number of hydrazine groups is 1. The van der Waals surface area contributed by atoms with Crippen molar-refractivity contribution in [1.29, 1.82) is 0 Å². The summed E-state index contributed by atoms with van der Waals surface area (Å²) in [5.41, 5.74) is 4.06. The maximum atomic E-state index is 5.66. The summed E-state index contributed by atoms with van der Waals surface area (Å²) in [7, 11) is 0. The third kappa shape index (κ3) is 2.97. The molecule has 0 amide bonds. The number of hydrogen-bond acceptors (Lipinski definition) is 4. The molecule has 1 aromatic rings. The smallest absolute Gasteiger partial charge is 0.119 e. The highest BCUT2D eigenvalue weighted by Crippen LogP contribution is 2.29. The number of rotatable bonds is 5. The lowest BCUT2D eigenvalue weighted by Crippen LogP contribution is -2.33. The number of nitrogens with one attached hydrogen (secondary N) is 1. The van der Waals surface area contributed by atoms with Gasteiger partial charge in [0.1, 0.15) is 5.75 Å². The minimum Gasteiger partial charge on any atom is -0.494 e. The van der Waals surface area contributed by atoms with Gasteiger partial charge in [-0.25, -0.2) is 0 Å². The van der Waals surface area contributed by atoms with Gasteiger partial charge in [0.25, 0.3) is 0 Å². The first-order valence-electron chi connectivity index (χ1n) is 6.11. The Bertz CT molecular complexity index is 351. The summed E-state index contributed by atoms with van der Waals surface area (Å²) in [5, 5.41) is 0. The SMILES string of the molecule is CCOc1cccc(C(NN)C2CCOC2)c1. The molecule has 0 aromatic heterocycles. The molecule has 0 bridgehead atoms. The summed E-state index contributed by atoms with van der Waals surface area (Å²) in [5.74, 6) is 7.00. The predicted molar refractivity (Wildman–Crippen MR) is 66.6 cm³/mol. The van der Waals surface area contributed by atoms with Gasteiger partial charge in [0.2, 0.25) is 0 Å². The van der Waals surface area contributed by atoms with Gasteiger partial charge in [-0.1, -0.05) is 12.1 Å². The Balaban J connectivity index is 2.14. The second-order valence-electron chi connectivity index (χ2n) is 4.27. The fourth-order valence-corrected chi connectivity index (χ4v) is 2.28. The Morgan fingerprint density at radius 2 is 2.47 bits per heavy atom.